The molecule has 4 nitrogen and oxygen atoms in total. The zero-order chi connectivity index (χ0) is 13.8. The topological polar surface area (TPSA) is 54.9 Å². The highest BCUT2D eigenvalue weighted by molar-refractivity contribution is 7.15. The second-order valence-corrected chi connectivity index (χ2v) is 6.91. The SMILES string of the molecule is CCCCc1nnc(NC(=O)c2cc(C)sc2C)s1. The number of rotatable bonds is 5. The standard InChI is InChI=1S/C13H17N3OS2/c1-4-5-6-11-15-16-13(19-11)14-12(17)10-7-8(2)18-9(10)3/h7H,4-6H2,1-3H3,(H,14,16,17). The minimum absolute atomic E-state index is 0.0972. The van der Waals surface area contributed by atoms with E-state index in [1.165, 1.54) is 11.3 Å². The number of nitrogens with zero attached hydrogens (tertiary/aromatic N) is 2. The Morgan fingerprint density at radius 1 is 1.32 bits per heavy atom. The Hall–Kier alpha value is -1.27. The van der Waals surface area contributed by atoms with Gasteiger partial charge < -0.3 is 0 Å². The first-order chi connectivity index (χ1) is 9.10. The number of carbonyl (C=O) groups is 1. The quantitative estimate of drug-likeness (QED) is 0.912. The van der Waals surface area contributed by atoms with Gasteiger partial charge in [0, 0.05) is 16.2 Å². The van der Waals surface area contributed by atoms with E-state index in [4.69, 9.17) is 0 Å². The highest BCUT2D eigenvalue weighted by Gasteiger charge is 2.14. The van der Waals surface area contributed by atoms with Gasteiger partial charge in [-0.15, -0.1) is 21.5 Å². The zero-order valence-corrected chi connectivity index (χ0v) is 13.0. The van der Waals surface area contributed by atoms with Gasteiger partial charge in [-0.1, -0.05) is 24.7 Å². The van der Waals surface area contributed by atoms with Crippen LogP contribution < -0.4 is 5.32 Å². The molecule has 0 radical (unpaired) electrons. The Kier molecular flexibility index (Phi) is 4.66. The molecule has 0 bridgehead atoms. The number of hydrogen-bond acceptors (Lipinski definition) is 5. The maximum Gasteiger partial charge on any atom is 0.258 e. The van der Waals surface area contributed by atoms with Crippen LogP contribution in [0.4, 0.5) is 5.13 Å². The number of amides is 1. The number of unbranched alkanes of at least 4 members (excludes halogenated alkanes) is 1. The first-order valence-corrected chi connectivity index (χ1v) is 7.94. The zero-order valence-electron chi connectivity index (χ0n) is 11.3. The Morgan fingerprint density at radius 3 is 2.74 bits per heavy atom. The average Bonchev–Trinajstić information content (AvgIpc) is 2.93. The van der Waals surface area contributed by atoms with Crippen molar-refractivity contribution in [2.24, 2.45) is 0 Å². The molecule has 0 aliphatic heterocycles. The van der Waals surface area contributed by atoms with Gasteiger partial charge in [-0.2, -0.15) is 0 Å². The summed E-state index contributed by atoms with van der Waals surface area (Å²) in [6.45, 7) is 6.10. The summed E-state index contributed by atoms with van der Waals surface area (Å²) in [4.78, 5) is 14.3. The van der Waals surface area contributed by atoms with E-state index < -0.39 is 0 Å². The summed E-state index contributed by atoms with van der Waals surface area (Å²) < 4.78 is 0. The minimum atomic E-state index is -0.0972. The number of aryl methyl sites for hydroxylation is 3. The van der Waals surface area contributed by atoms with Gasteiger partial charge in [0.1, 0.15) is 5.01 Å². The fourth-order valence-electron chi connectivity index (χ4n) is 1.75. The first kappa shape index (κ1) is 14.1. The Balaban J connectivity index is 2.02. The van der Waals surface area contributed by atoms with Crippen molar-refractivity contribution in [3.63, 3.8) is 0 Å². The van der Waals surface area contributed by atoms with Gasteiger partial charge in [-0.3, -0.25) is 10.1 Å². The molecule has 1 amide bonds. The molecule has 0 aliphatic rings. The van der Waals surface area contributed by atoms with Crippen molar-refractivity contribution in [2.75, 3.05) is 5.32 Å². The van der Waals surface area contributed by atoms with E-state index in [1.54, 1.807) is 11.3 Å². The van der Waals surface area contributed by atoms with Crippen molar-refractivity contribution >= 4 is 33.7 Å². The third kappa shape index (κ3) is 3.61. The van der Waals surface area contributed by atoms with Crippen LogP contribution in [-0.4, -0.2) is 16.1 Å². The number of hydrogen-bond donors (Lipinski definition) is 1. The lowest BCUT2D eigenvalue weighted by Crippen LogP contribution is -2.11. The van der Waals surface area contributed by atoms with Gasteiger partial charge in [0.25, 0.3) is 5.91 Å². The summed E-state index contributed by atoms with van der Waals surface area (Å²) in [6, 6.07) is 1.91. The first-order valence-electron chi connectivity index (χ1n) is 6.31. The van der Waals surface area contributed by atoms with Gasteiger partial charge >= 0.3 is 0 Å². The fraction of sp³-hybridized carbons (Fsp3) is 0.462. The highest BCUT2D eigenvalue weighted by Crippen LogP contribution is 2.23. The third-order valence-corrected chi connectivity index (χ3v) is 4.58. The molecule has 102 valence electrons. The highest BCUT2D eigenvalue weighted by atomic mass is 32.1. The van der Waals surface area contributed by atoms with E-state index in [-0.39, 0.29) is 5.91 Å². The normalized spacial score (nSPS) is 10.7. The monoisotopic (exact) mass is 295 g/mol. The lowest BCUT2D eigenvalue weighted by atomic mass is 10.2. The summed E-state index contributed by atoms with van der Waals surface area (Å²) in [6.07, 6.45) is 3.17. The van der Waals surface area contributed by atoms with E-state index in [1.807, 2.05) is 19.9 Å². The van der Waals surface area contributed by atoms with Crippen LogP contribution in [0.1, 0.15) is 44.9 Å². The van der Waals surface area contributed by atoms with Crippen LogP contribution in [0.2, 0.25) is 0 Å². The molecule has 0 saturated carbocycles. The van der Waals surface area contributed by atoms with E-state index >= 15 is 0 Å². The number of nitrogens with one attached hydrogen (secondary N) is 1. The summed E-state index contributed by atoms with van der Waals surface area (Å²) in [5, 5.41) is 12.5. The van der Waals surface area contributed by atoms with E-state index in [0.717, 1.165) is 39.6 Å². The molecule has 6 heteroatoms. The van der Waals surface area contributed by atoms with Crippen LogP contribution in [0, 0.1) is 13.8 Å². The molecule has 2 rings (SSSR count). The molecule has 0 saturated heterocycles. The number of carbonyl (C=O) groups excluding carboxylic acids is 1. The van der Waals surface area contributed by atoms with Crippen LogP contribution in [0.25, 0.3) is 0 Å². The largest absolute Gasteiger partial charge is 0.296 e. The predicted octanol–water partition coefficient (Wildman–Crippen LogP) is 3.81. The number of thiophene rings is 1. The molecule has 0 atom stereocenters. The van der Waals surface area contributed by atoms with Crippen molar-refractivity contribution in [1.82, 2.24) is 10.2 Å². The van der Waals surface area contributed by atoms with Gasteiger partial charge in [-0.05, 0) is 26.3 Å². The van der Waals surface area contributed by atoms with Crippen LogP contribution in [0.15, 0.2) is 6.07 Å². The lowest BCUT2D eigenvalue weighted by Gasteiger charge is -1.99. The second-order valence-electron chi connectivity index (χ2n) is 4.39. The Morgan fingerprint density at radius 2 is 2.11 bits per heavy atom. The molecule has 0 aromatic carbocycles. The van der Waals surface area contributed by atoms with Gasteiger partial charge in [0.15, 0.2) is 0 Å². The smallest absolute Gasteiger partial charge is 0.258 e. The van der Waals surface area contributed by atoms with Crippen molar-refractivity contribution in [2.45, 2.75) is 40.0 Å². The van der Waals surface area contributed by atoms with Crippen molar-refractivity contribution in [1.29, 1.82) is 0 Å². The van der Waals surface area contributed by atoms with Crippen molar-refractivity contribution in [3.05, 3.63) is 26.4 Å². The predicted molar refractivity (Wildman–Crippen MR) is 80.3 cm³/mol. The van der Waals surface area contributed by atoms with Gasteiger partial charge in [0.05, 0.1) is 5.56 Å². The molecule has 0 spiro atoms. The Labute approximate surface area is 120 Å². The second kappa shape index (κ2) is 6.25. The lowest BCUT2D eigenvalue weighted by molar-refractivity contribution is 0.102. The molecule has 1 N–H and O–H groups in total. The van der Waals surface area contributed by atoms with Crippen LogP contribution in [0.5, 0.6) is 0 Å². The number of aromatic nitrogens is 2. The molecule has 2 aromatic rings. The van der Waals surface area contributed by atoms with E-state index in [9.17, 15) is 4.79 Å². The van der Waals surface area contributed by atoms with Crippen LogP contribution >= 0.6 is 22.7 Å². The van der Waals surface area contributed by atoms with Gasteiger partial charge in [-0.25, -0.2) is 0 Å². The molecule has 0 unspecified atom stereocenters. The third-order valence-electron chi connectivity index (χ3n) is 2.72. The summed E-state index contributed by atoms with van der Waals surface area (Å²) in [5.41, 5.74) is 0.729. The van der Waals surface area contributed by atoms with Crippen LogP contribution in [0.3, 0.4) is 0 Å². The van der Waals surface area contributed by atoms with Crippen molar-refractivity contribution in [3.8, 4) is 0 Å². The van der Waals surface area contributed by atoms with Crippen LogP contribution in [-0.2, 0) is 6.42 Å². The molecule has 0 aliphatic carbocycles. The summed E-state index contributed by atoms with van der Waals surface area (Å²) >= 11 is 3.09. The maximum atomic E-state index is 12.1. The molecule has 19 heavy (non-hydrogen) atoms. The maximum absolute atomic E-state index is 12.1. The number of anilines is 1. The van der Waals surface area contributed by atoms with E-state index in [0.29, 0.717) is 5.13 Å². The molecule has 2 heterocycles. The minimum Gasteiger partial charge on any atom is -0.296 e. The summed E-state index contributed by atoms with van der Waals surface area (Å²) in [7, 11) is 0. The molecule has 2 aromatic heterocycles. The average molecular weight is 295 g/mol. The van der Waals surface area contributed by atoms with E-state index in [2.05, 4.69) is 22.4 Å². The molecule has 0 fully saturated rings. The van der Waals surface area contributed by atoms with Gasteiger partial charge in [0.2, 0.25) is 5.13 Å². The summed E-state index contributed by atoms with van der Waals surface area (Å²) in [5.74, 6) is -0.0972. The molecular weight excluding hydrogens is 278 g/mol. The Bertz CT molecular complexity index is 574. The fourth-order valence-corrected chi connectivity index (χ4v) is 3.45. The molecular formula is C13H17N3OS2. The van der Waals surface area contributed by atoms with Crippen molar-refractivity contribution < 1.29 is 4.79 Å².